The maximum atomic E-state index is 4.79. The van der Waals surface area contributed by atoms with Crippen molar-refractivity contribution in [3.63, 3.8) is 0 Å². The lowest BCUT2D eigenvalue weighted by Gasteiger charge is -1.95. The number of rotatable bonds is 1. The van der Waals surface area contributed by atoms with Crippen molar-refractivity contribution in [3.8, 4) is 11.5 Å². The quantitative estimate of drug-likeness (QED) is 0.542. The van der Waals surface area contributed by atoms with E-state index >= 15 is 0 Å². The minimum absolute atomic E-state index is 0.704. The first-order valence-corrected chi connectivity index (χ1v) is 8.19. The zero-order valence-electron chi connectivity index (χ0n) is 12.4. The van der Waals surface area contributed by atoms with Crippen LogP contribution in [0.25, 0.3) is 27.4 Å². The summed E-state index contributed by atoms with van der Waals surface area (Å²) in [5.74, 6) is 0.704. The third kappa shape index (κ3) is 1.54. The van der Waals surface area contributed by atoms with E-state index in [4.69, 9.17) is 4.98 Å². The monoisotopic (exact) mass is 310 g/mol. The van der Waals surface area contributed by atoms with E-state index in [2.05, 4.69) is 15.2 Å². The number of hydrogen-bond acceptors (Lipinski definition) is 5. The molecule has 0 radical (unpaired) electrons. The van der Waals surface area contributed by atoms with E-state index < -0.39 is 0 Å². The summed E-state index contributed by atoms with van der Waals surface area (Å²) in [4.78, 5) is 11.9. The van der Waals surface area contributed by atoms with Crippen molar-refractivity contribution >= 4 is 27.2 Å². The van der Waals surface area contributed by atoms with Gasteiger partial charge in [0, 0.05) is 11.9 Å². The van der Waals surface area contributed by atoms with E-state index in [0.717, 1.165) is 28.3 Å². The van der Waals surface area contributed by atoms with E-state index in [-0.39, 0.29) is 0 Å². The van der Waals surface area contributed by atoms with Gasteiger partial charge in [0.25, 0.3) is 0 Å². The first-order chi connectivity index (χ1) is 10.7. The molecule has 0 amide bonds. The second-order valence-electron chi connectivity index (χ2n) is 5.78. The second kappa shape index (κ2) is 4.13. The van der Waals surface area contributed by atoms with Crippen LogP contribution < -0.4 is 0 Å². The molecule has 0 saturated heterocycles. The maximum absolute atomic E-state index is 4.79. The van der Waals surface area contributed by atoms with Crippen LogP contribution in [0.2, 0.25) is 0 Å². The Hall–Kier alpha value is -2.28. The predicted molar refractivity (Wildman–Crippen MR) is 85.1 cm³/mol. The largest absolute Gasteiger partial charge is 0.264 e. The van der Waals surface area contributed by atoms with Crippen molar-refractivity contribution in [2.24, 2.45) is 7.05 Å². The smallest absolute Gasteiger partial charge is 0.200 e. The van der Waals surface area contributed by atoms with E-state index in [1.54, 1.807) is 22.2 Å². The molecule has 0 saturated carbocycles. The lowest BCUT2D eigenvalue weighted by Crippen LogP contribution is -1.95. The molecule has 1 aliphatic rings. The van der Waals surface area contributed by atoms with Crippen LogP contribution in [0.15, 0.2) is 12.4 Å². The third-order valence-electron chi connectivity index (χ3n) is 4.27. The normalized spacial score (nSPS) is 14.3. The minimum atomic E-state index is 0.704. The van der Waals surface area contributed by atoms with Gasteiger partial charge in [0.2, 0.25) is 0 Å². The molecule has 6 nitrogen and oxygen atoms in total. The van der Waals surface area contributed by atoms with Crippen molar-refractivity contribution in [3.05, 3.63) is 28.5 Å². The Kier molecular flexibility index (Phi) is 2.31. The number of aromatic nitrogens is 6. The fraction of sp³-hybridized carbons (Fsp3) is 0.333. The van der Waals surface area contributed by atoms with E-state index in [9.17, 15) is 0 Å². The Morgan fingerprint density at radius 2 is 2.14 bits per heavy atom. The number of aryl methyl sites for hydroxylation is 4. The van der Waals surface area contributed by atoms with Crippen molar-refractivity contribution in [2.45, 2.75) is 26.2 Å². The van der Waals surface area contributed by atoms with Gasteiger partial charge in [-0.3, -0.25) is 4.68 Å². The molecule has 0 bridgehead atoms. The highest BCUT2D eigenvalue weighted by Gasteiger charge is 2.22. The number of hydrogen-bond donors (Lipinski definition) is 0. The molecule has 4 aromatic rings. The summed E-state index contributed by atoms with van der Waals surface area (Å²) in [6.07, 6.45) is 5.30. The molecule has 0 N–H and O–H groups in total. The number of nitrogens with zero attached hydrogens (tertiary/aromatic N) is 6. The maximum Gasteiger partial charge on any atom is 0.200 e. The van der Waals surface area contributed by atoms with Crippen LogP contribution in [0.1, 0.15) is 22.6 Å². The topological polar surface area (TPSA) is 60.9 Å². The van der Waals surface area contributed by atoms with Crippen LogP contribution in [0.4, 0.5) is 0 Å². The van der Waals surface area contributed by atoms with E-state index in [1.807, 2.05) is 24.7 Å². The summed E-state index contributed by atoms with van der Waals surface area (Å²) in [5, 5.41) is 10.2. The molecule has 1 aliphatic carbocycles. The molecule has 110 valence electrons. The van der Waals surface area contributed by atoms with Gasteiger partial charge in [-0.15, -0.1) is 16.4 Å². The molecule has 0 atom stereocenters. The standard InChI is InChI=1S/C15H14N6S/c1-8-6-10(20(2)18-8)13-17-14-12-9-4-3-5-11(9)22-15(12)16-7-21(14)19-13/h6-7H,3-5H2,1-2H3. The molecular weight excluding hydrogens is 296 g/mol. The highest BCUT2D eigenvalue weighted by molar-refractivity contribution is 7.19. The van der Waals surface area contributed by atoms with Crippen LogP contribution in [0.5, 0.6) is 0 Å². The Morgan fingerprint density at radius 1 is 1.23 bits per heavy atom. The zero-order chi connectivity index (χ0) is 14.8. The van der Waals surface area contributed by atoms with Crippen LogP contribution in [0.3, 0.4) is 0 Å². The summed E-state index contributed by atoms with van der Waals surface area (Å²) in [7, 11) is 1.92. The van der Waals surface area contributed by atoms with Gasteiger partial charge in [-0.25, -0.2) is 14.5 Å². The number of thiophene rings is 1. The third-order valence-corrected chi connectivity index (χ3v) is 5.47. The van der Waals surface area contributed by atoms with E-state index in [0.29, 0.717) is 5.82 Å². The highest BCUT2D eigenvalue weighted by atomic mass is 32.1. The SMILES string of the molecule is Cc1cc(-c2nc3c4c5c(sc4ncn3n2)CCC5)n(C)n1. The van der Waals surface area contributed by atoms with Crippen molar-refractivity contribution < 1.29 is 0 Å². The molecule has 0 spiro atoms. The van der Waals surface area contributed by atoms with Crippen LogP contribution in [0, 0.1) is 6.92 Å². The predicted octanol–water partition coefficient (Wildman–Crippen LogP) is 2.54. The summed E-state index contributed by atoms with van der Waals surface area (Å²) < 4.78 is 3.62. The Bertz CT molecular complexity index is 1040. The Labute approximate surface area is 130 Å². The van der Waals surface area contributed by atoms with Gasteiger partial charge in [0.15, 0.2) is 11.5 Å². The molecule has 4 aromatic heterocycles. The van der Waals surface area contributed by atoms with Gasteiger partial charge in [-0.2, -0.15) is 5.10 Å². The molecule has 0 unspecified atom stereocenters. The first kappa shape index (κ1) is 12.3. The summed E-state index contributed by atoms with van der Waals surface area (Å²) in [6.45, 7) is 1.98. The zero-order valence-corrected chi connectivity index (χ0v) is 13.2. The molecule has 0 aromatic carbocycles. The van der Waals surface area contributed by atoms with Crippen LogP contribution >= 0.6 is 11.3 Å². The van der Waals surface area contributed by atoms with Crippen LogP contribution in [-0.2, 0) is 19.9 Å². The second-order valence-corrected chi connectivity index (χ2v) is 6.86. The molecule has 0 fully saturated rings. The van der Waals surface area contributed by atoms with Gasteiger partial charge in [-0.05, 0) is 37.8 Å². The van der Waals surface area contributed by atoms with Crippen molar-refractivity contribution in [1.82, 2.24) is 29.4 Å². The summed E-state index contributed by atoms with van der Waals surface area (Å²) in [5.41, 5.74) is 4.24. The van der Waals surface area contributed by atoms with Gasteiger partial charge < -0.3 is 0 Å². The Balaban J connectivity index is 1.83. The molecule has 5 rings (SSSR count). The van der Waals surface area contributed by atoms with Gasteiger partial charge in [-0.1, -0.05) is 0 Å². The van der Waals surface area contributed by atoms with Gasteiger partial charge >= 0.3 is 0 Å². The van der Waals surface area contributed by atoms with Gasteiger partial charge in [0.05, 0.1) is 11.1 Å². The molecule has 4 heterocycles. The summed E-state index contributed by atoms with van der Waals surface area (Å²) >= 11 is 1.80. The summed E-state index contributed by atoms with van der Waals surface area (Å²) in [6, 6.07) is 2.01. The molecule has 22 heavy (non-hydrogen) atoms. The minimum Gasteiger partial charge on any atom is -0.264 e. The average Bonchev–Trinajstić information content (AvgIpc) is 3.19. The fourth-order valence-electron chi connectivity index (χ4n) is 3.32. The van der Waals surface area contributed by atoms with Crippen molar-refractivity contribution in [1.29, 1.82) is 0 Å². The molecule has 7 heteroatoms. The fourth-order valence-corrected chi connectivity index (χ4v) is 4.54. The lowest BCUT2D eigenvalue weighted by atomic mass is 10.2. The Morgan fingerprint density at radius 3 is 2.95 bits per heavy atom. The average molecular weight is 310 g/mol. The van der Waals surface area contributed by atoms with E-state index in [1.165, 1.54) is 28.7 Å². The van der Waals surface area contributed by atoms with Crippen molar-refractivity contribution in [2.75, 3.05) is 0 Å². The van der Waals surface area contributed by atoms with Crippen LogP contribution in [-0.4, -0.2) is 29.4 Å². The highest BCUT2D eigenvalue weighted by Crippen LogP contribution is 2.38. The lowest BCUT2D eigenvalue weighted by molar-refractivity contribution is 0.758. The van der Waals surface area contributed by atoms with Gasteiger partial charge in [0.1, 0.15) is 16.9 Å². The first-order valence-electron chi connectivity index (χ1n) is 7.37. The molecular formula is C15H14N6S. The number of fused-ring (bicyclic) bond motifs is 5. The molecule has 0 aliphatic heterocycles.